The Balaban J connectivity index is 1.74. The molecule has 4 rings (SSSR count). The predicted molar refractivity (Wildman–Crippen MR) is 138 cm³/mol. The molecule has 1 N–H and O–H groups in total. The van der Waals surface area contributed by atoms with Gasteiger partial charge in [-0.1, -0.05) is 30.3 Å². The highest BCUT2D eigenvalue weighted by Crippen LogP contribution is 2.29. The van der Waals surface area contributed by atoms with Gasteiger partial charge in [-0.3, -0.25) is 9.36 Å². The van der Waals surface area contributed by atoms with Crippen molar-refractivity contribution in [3.8, 4) is 5.69 Å². The van der Waals surface area contributed by atoms with Crippen molar-refractivity contribution in [2.45, 2.75) is 26.0 Å². The smallest absolute Gasteiger partial charge is 0.359 e. The second-order valence-electron chi connectivity index (χ2n) is 9.17. The molecular weight excluding hydrogens is 460 g/mol. The number of methoxy groups -OCH3 is 1. The number of anilines is 2. The molecule has 0 saturated carbocycles. The number of hydrogen-bond acceptors (Lipinski definition) is 7. The Morgan fingerprint density at radius 3 is 2.44 bits per heavy atom. The molecule has 0 aliphatic heterocycles. The zero-order chi connectivity index (χ0) is 25.9. The summed E-state index contributed by atoms with van der Waals surface area (Å²) >= 11 is 0. The number of hydrogen-bond donors (Lipinski definition) is 1. The van der Waals surface area contributed by atoms with Gasteiger partial charge >= 0.3 is 5.97 Å². The average molecular weight is 491 g/mol. The second kappa shape index (κ2) is 10.2. The molecule has 0 fully saturated rings. The summed E-state index contributed by atoms with van der Waals surface area (Å²) in [6.45, 7) is 3.72. The van der Waals surface area contributed by atoms with Gasteiger partial charge in [0.25, 0.3) is 0 Å². The molecule has 2 aromatic heterocycles. The van der Waals surface area contributed by atoms with Crippen LogP contribution in [0.25, 0.3) is 16.7 Å². The topological polar surface area (TPSA) is 104 Å². The summed E-state index contributed by atoms with van der Waals surface area (Å²) in [6.07, 6.45) is 1.61. The van der Waals surface area contributed by atoms with Gasteiger partial charge < -0.3 is 24.3 Å². The molecule has 4 aromatic rings. The number of benzene rings is 2. The van der Waals surface area contributed by atoms with E-state index in [0.717, 1.165) is 11.0 Å². The molecule has 0 aliphatic carbocycles. The van der Waals surface area contributed by atoms with Crippen LogP contribution in [0.2, 0.25) is 0 Å². The number of nitrogens with one attached hydrogen (secondary N) is 1. The van der Waals surface area contributed by atoms with Crippen LogP contribution in [0.4, 0.5) is 11.8 Å². The maximum absolute atomic E-state index is 13.5. The molecule has 188 valence electrons. The normalized spacial score (nSPS) is 11.5. The first-order chi connectivity index (χ1) is 17.2. The van der Waals surface area contributed by atoms with Gasteiger partial charge in [0.1, 0.15) is 12.1 Å². The first kappa shape index (κ1) is 24.9. The molecule has 0 spiro atoms. The summed E-state index contributed by atoms with van der Waals surface area (Å²) in [4.78, 5) is 37.4. The van der Waals surface area contributed by atoms with Crippen LogP contribution in [-0.4, -0.2) is 64.4 Å². The van der Waals surface area contributed by atoms with E-state index >= 15 is 0 Å². The van der Waals surface area contributed by atoms with Crippen LogP contribution in [0.15, 0.2) is 60.9 Å². The number of amides is 1. The number of aromatic nitrogens is 4. The van der Waals surface area contributed by atoms with E-state index in [1.807, 2.05) is 68.7 Å². The fourth-order valence-electron chi connectivity index (χ4n) is 3.94. The summed E-state index contributed by atoms with van der Waals surface area (Å²) in [5, 5.41) is 2.82. The predicted octanol–water partition coefficient (Wildman–Crippen LogP) is 3.51. The zero-order valence-electron chi connectivity index (χ0n) is 21.1. The van der Waals surface area contributed by atoms with Gasteiger partial charge in [0.15, 0.2) is 11.5 Å². The summed E-state index contributed by atoms with van der Waals surface area (Å²) < 4.78 is 14.4. The van der Waals surface area contributed by atoms with Crippen molar-refractivity contribution in [2.24, 2.45) is 0 Å². The monoisotopic (exact) mass is 490 g/mol. The molecule has 2 aromatic carbocycles. The lowest BCUT2D eigenvalue weighted by atomic mass is 10.1. The molecule has 36 heavy (non-hydrogen) atoms. The molecule has 0 radical (unpaired) electrons. The van der Waals surface area contributed by atoms with Gasteiger partial charge in [-0.25, -0.2) is 9.78 Å². The van der Waals surface area contributed by atoms with E-state index in [0.29, 0.717) is 11.6 Å². The Kier molecular flexibility index (Phi) is 7.07. The third kappa shape index (κ3) is 5.23. The van der Waals surface area contributed by atoms with Crippen LogP contribution in [0.5, 0.6) is 0 Å². The number of ether oxygens (including phenoxy) is 2. The van der Waals surface area contributed by atoms with Crippen LogP contribution in [0.3, 0.4) is 0 Å². The lowest BCUT2D eigenvalue weighted by Gasteiger charge is -2.25. The number of rotatable bonds is 9. The number of fused-ring (bicyclic) bond motifs is 1. The van der Waals surface area contributed by atoms with E-state index in [2.05, 4.69) is 15.3 Å². The minimum Gasteiger partial charge on any atom is -0.452 e. The Morgan fingerprint density at radius 1 is 1.06 bits per heavy atom. The van der Waals surface area contributed by atoms with Gasteiger partial charge in [0.05, 0.1) is 24.0 Å². The van der Waals surface area contributed by atoms with Crippen molar-refractivity contribution in [2.75, 3.05) is 38.0 Å². The molecule has 0 atom stereocenters. The third-order valence-corrected chi connectivity index (χ3v) is 5.43. The lowest BCUT2D eigenvalue weighted by Crippen LogP contribution is -2.34. The Labute approximate surface area is 209 Å². The summed E-state index contributed by atoms with van der Waals surface area (Å²) in [5.41, 5.74) is 1.53. The fraction of sp³-hybridized carbons (Fsp3) is 0.308. The number of imidazole rings is 2. The van der Waals surface area contributed by atoms with Crippen molar-refractivity contribution in [1.29, 1.82) is 0 Å². The van der Waals surface area contributed by atoms with E-state index in [9.17, 15) is 9.59 Å². The van der Waals surface area contributed by atoms with E-state index in [-0.39, 0.29) is 30.6 Å². The number of para-hydroxylation sites is 3. The van der Waals surface area contributed by atoms with Gasteiger partial charge in [-0.2, -0.15) is 4.98 Å². The third-order valence-electron chi connectivity index (χ3n) is 5.43. The SMILES string of the molecule is COCC(C)(C)OC(=O)c1c(NC(=O)Cn2cnc3ccccc32)nc(N(C)C)n1-c1ccccc1. The maximum atomic E-state index is 13.5. The first-order valence-electron chi connectivity index (χ1n) is 11.5. The quantitative estimate of drug-likeness (QED) is 0.358. The highest BCUT2D eigenvalue weighted by molar-refractivity contribution is 6.00. The van der Waals surface area contributed by atoms with Crippen molar-refractivity contribution in [3.05, 3.63) is 66.6 Å². The van der Waals surface area contributed by atoms with Crippen molar-refractivity contribution < 1.29 is 19.1 Å². The van der Waals surface area contributed by atoms with Crippen molar-refractivity contribution >= 4 is 34.7 Å². The maximum Gasteiger partial charge on any atom is 0.359 e. The standard InChI is InChI=1S/C26H30N6O4/c1-26(2,16-35-5)36-24(34)22-23(29-25(30(3)4)32(22)18-11-7-6-8-12-18)28-21(33)15-31-17-27-19-13-9-10-14-20(19)31/h6-14,17H,15-16H2,1-5H3,(H,28,33). The highest BCUT2D eigenvalue weighted by Gasteiger charge is 2.32. The number of esters is 1. The number of nitrogens with zero attached hydrogens (tertiary/aromatic N) is 5. The van der Waals surface area contributed by atoms with Gasteiger partial charge in [-0.15, -0.1) is 0 Å². The molecular formula is C26H30N6O4. The van der Waals surface area contributed by atoms with Crippen LogP contribution in [0, 0.1) is 0 Å². The van der Waals surface area contributed by atoms with E-state index in [4.69, 9.17) is 9.47 Å². The number of carbonyl (C=O) groups is 2. The molecule has 0 bridgehead atoms. The minimum absolute atomic E-state index is 0.000334. The molecule has 10 heteroatoms. The molecule has 10 nitrogen and oxygen atoms in total. The largest absolute Gasteiger partial charge is 0.452 e. The van der Waals surface area contributed by atoms with Crippen LogP contribution < -0.4 is 10.2 Å². The average Bonchev–Trinajstić information content (AvgIpc) is 3.41. The molecule has 1 amide bonds. The summed E-state index contributed by atoms with van der Waals surface area (Å²) in [7, 11) is 5.17. The first-order valence-corrected chi connectivity index (χ1v) is 11.5. The summed E-state index contributed by atoms with van der Waals surface area (Å²) in [6, 6.07) is 16.9. The lowest BCUT2D eigenvalue weighted by molar-refractivity contribution is -0.116. The van der Waals surface area contributed by atoms with E-state index in [1.165, 1.54) is 0 Å². The zero-order valence-corrected chi connectivity index (χ0v) is 21.1. The fourth-order valence-corrected chi connectivity index (χ4v) is 3.94. The number of carbonyl (C=O) groups excluding carboxylic acids is 2. The minimum atomic E-state index is -0.896. The van der Waals surface area contributed by atoms with E-state index in [1.54, 1.807) is 41.3 Å². The second-order valence-corrected chi connectivity index (χ2v) is 9.17. The molecule has 2 heterocycles. The Bertz CT molecular complexity index is 1370. The molecule has 0 aliphatic rings. The van der Waals surface area contributed by atoms with E-state index < -0.39 is 11.6 Å². The van der Waals surface area contributed by atoms with Crippen LogP contribution in [-0.2, 0) is 20.8 Å². The Morgan fingerprint density at radius 2 is 1.75 bits per heavy atom. The molecule has 0 saturated heterocycles. The van der Waals surface area contributed by atoms with Gasteiger partial charge in [0.2, 0.25) is 11.9 Å². The van der Waals surface area contributed by atoms with Crippen LogP contribution in [0.1, 0.15) is 24.3 Å². The van der Waals surface area contributed by atoms with Gasteiger partial charge in [-0.05, 0) is 38.1 Å². The van der Waals surface area contributed by atoms with Gasteiger partial charge in [0, 0.05) is 26.9 Å². The van der Waals surface area contributed by atoms with Crippen molar-refractivity contribution in [1.82, 2.24) is 19.1 Å². The highest BCUT2D eigenvalue weighted by atomic mass is 16.6. The molecule has 0 unspecified atom stereocenters. The van der Waals surface area contributed by atoms with Crippen molar-refractivity contribution in [3.63, 3.8) is 0 Å². The summed E-state index contributed by atoms with van der Waals surface area (Å²) in [5.74, 6) is -0.424. The Hall–Kier alpha value is -4.18. The van der Waals surface area contributed by atoms with Crippen LogP contribution >= 0.6 is 0 Å².